The molecule has 0 atom stereocenters. The van der Waals surface area contributed by atoms with Crippen LogP contribution in [0.3, 0.4) is 0 Å². The second kappa shape index (κ2) is 5.52. The second-order valence-electron chi connectivity index (χ2n) is 3.80. The van der Waals surface area contributed by atoms with Crippen LogP contribution in [0.25, 0.3) is 0 Å². The van der Waals surface area contributed by atoms with Crippen LogP contribution >= 0.6 is 0 Å². The highest BCUT2D eigenvalue weighted by Gasteiger charge is 2.15. The molecule has 0 aliphatic heterocycles. The summed E-state index contributed by atoms with van der Waals surface area (Å²) in [7, 11) is 0. The summed E-state index contributed by atoms with van der Waals surface area (Å²) in [5, 5.41) is 8.96. The average molecular weight is 239 g/mol. The summed E-state index contributed by atoms with van der Waals surface area (Å²) in [6, 6.07) is 1.61. The molecule has 1 rings (SSSR count). The van der Waals surface area contributed by atoms with E-state index in [-0.39, 0.29) is 18.0 Å². The molecule has 1 N–H and O–H groups in total. The van der Waals surface area contributed by atoms with Crippen molar-refractivity contribution >= 4 is 11.9 Å². The van der Waals surface area contributed by atoms with Crippen molar-refractivity contribution in [2.75, 3.05) is 6.61 Å². The number of aromatic nitrogens is 1. The van der Waals surface area contributed by atoms with Crippen LogP contribution in [0.1, 0.15) is 35.1 Å². The molecule has 0 fully saturated rings. The van der Waals surface area contributed by atoms with E-state index < -0.39 is 5.97 Å². The molecule has 0 spiro atoms. The summed E-state index contributed by atoms with van der Waals surface area (Å²) < 4.78 is 6.65. The zero-order valence-corrected chi connectivity index (χ0v) is 10.3. The maximum Gasteiger partial charge on any atom is 0.337 e. The topological polar surface area (TPSA) is 68.5 Å². The van der Waals surface area contributed by atoms with E-state index in [9.17, 15) is 9.59 Å². The maximum absolute atomic E-state index is 11.2. The van der Waals surface area contributed by atoms with Crippen LogP contribution in [-0.2, 0) is 16.1 Å². The first-order valence-electron chi connectivity index (χ1n) is 5.53. The lowest BCUT2D eigenvalue weighted by atomic mass is 10.2. The van der Waals surface area contributed by atoms with Crippen molar-refractivity contribution in [3.8, 4) is 0 Å². The number of hydrogen-bond acceptors (Lipinski definition) is 3. The minimum atomic E-state index is -0.944. The zero-order chi connectivity index (χ0) is 13.0. The van der Waals surface area contributed by atoms with E-state index in [4.69, 9.17) is 9.84 Å². The van der Waals surface area contributed by atoms with Crippen LogP contribution in [0.2, 0.25) is 0 Å². The third-order valence-corrected chi connectivity index (χ3v) is 2.65. The standard InChI is InChI=1S/C12H17NO4/c1-4-17-11(14)5-6-13-8(2)7-10(9(13)3)12(15)16/h7H,4-6H2,1-3H3,(H,15,16). The van der Waals surface area contributed by atoms with Gasteiger partial charge in [0, 0.05) is 17.9 Å². The fourth-order valence-corrected chi connectivity index (χ4v) is 1.80. The van der Waals surface area contributed by atoms with Crippen molar-refractivity contribution in [3.63, 3.8) is 0 Å². The molecule has 0 aromatic carbocycles. The number of carbonyl (C=O) groups is 2. The number of esters is 1. The highest BCUT2D eigenvalue weighted by atomic mass is 16.5. The third-order valence-electron chi connectivity index (χ3n) is 2.65. The average Bonchev–Trinajstić information content (AvgIpc) is 2.52. The lowest BCUT2D eigenvalue weighted by molar-refractivity contribution is -0.143. The monoisotopic (exact) mass is 239 g/mol. The van der Waals surface area contributed by atoms with Crippen molar-refractivity contribution in [3.05, 3.63) is 23.0 Å². The van der Waals surface area contributed by atoms with Crippen LogP contribution in [0.4, 0.5) is 0 Å². The predicted octanol–water partition coefficient (Wildman–Crippen LogP) is 1.76. The van der Waals surface area contributed by atoms with Gasteiger partial charge in [-0.1, -0.05) is 0 Å². The van der Waals surface area contributed by atoms with Crippen molar-refractivity contribution < 1.29 is 19.4 Å². The molecule has 1 aromatic rings. The maximum atomic E-state index is 11.2. The fraction of sp³-hybridized carbons (Fsp3) is 0.500. The van der Waals surface area contributed by atoms with E-state index in [2.05, 4.69) is 0 Å². The highest BCUT2D eigenvalue weighted by molar-refractivity contribution is 5.89. The van der Waals surface area contributed by atoms with Crippen LogP contribution in [0.15, 0.2) is 6.07 Å². The molecule has 0 unspecified atom stereocenters. The normalized spacial score (nSPS) is 10.3. The summed E-state index contributed by atoms with van der Waals surface area (Å²) >= 11 is 0. The number of aromatic carboxylic acids is 1. The molecule has 0 saturated carbocycles. The summed E-state index contributed by atoms with van der Waals surface area (Å²) in [5.41, 5.74) is 1.79. The van der Waals surface area contributed by atoms with Gasteiger partial charge in [-0.2, -0.15) is 0 Å². The Kier molecular flexibility index (Phi) is 4.31. The molecular weight excluding hydrogens is 222 g/mol. The summed E-state index contributed by atoms with van der Waals surface area (Å²) in [6.07, 6.45) is 0.253. The Morgan fingerprint density at radius 1 is 1.41 bits per heavy atom. The predicted molar refractivity (Wildman–Crippen MR) is 62.1 cm³/mol. The van der Waals surface area contributed by atoms with Crippen LogP contribution in [-0.4, -0.2) is 28.2 Å². The number of ether oxygens (including phenoxy) is 1. The Balaban J connectivity index is 2.78. The van der Waals surface area contributed by atoms with Gasteiger partial charge in [-0.05, 0) is 26.8 Å². The Morgan fingerprint density at radius 2 is 2.06 bits per heavy atom. The first-order valence-corrected chi connectivity index (χ1v) is 5.53. The largest absolute Gasteiger partial charge is 0.478 e. The van der Waals surface area contributed by atoms with Crippen molar-refractivity contribution in [1.29, 1.82) is 0 Å². The molecule has 0 aliphatic rings. The van der Waals surface area contributed by atoms with Gasteiger partial charge in [-0.3, -0.25) is 4.79 Å². The molecule has 5 heteroatoms. The van der Waals surface area contributed by atoms with Gasteiger partial charge in [0.05, 0.1) is 18.6 Å². The minimum Gasteiger partial charge on any atom is -0.478 e. The zero-order valence-electron chi connectivity index (χ0n) is 10.3. The first-order chi connectivity index (χ1) is 7.97. The van der Waals surface area contributed by atoms with E-state index in [1.807, 2.05) is 11.5 Å². The molecule has 5 nitrogen and oxygen atoms in total. The van der Waals surface area contributed by atoms with Gasteiger partial charge in [0.25, 0.3) is 0 Å². The van der Waals surface area contributed by atoms with Gasteiger partial charge >= 0.3 is 11.9 Å². The molecule has 1 aromatic heterocycles. The number of carboxylic acids is 1. The number of rotatable bonds is 5. The van der Waals surface area contributed by atoms with Gasteiger partial charge in [-0.15, -0.1) is 0 Å². The summed E-state index contributed by atoms with van der Waals surface area (Å²) in [4.78, 5) is 22.2. The van der Waals surface area contributed by atoms with Crippen molar-refractivity contribution in [2.24, 2.45) is 0 Å². The van der Waals surface area contributed by atoms with Gasteiger partial charge in [0.2, 0.25) is 0 Å². The highest BCUT2D eigenvalue weighted by Crippen LogP contribution is 2.15. The number of aryl methyl sites for hydroxylation is 1. The Morgan fingerprint density at radius 3 is 2.53 bits per heavy atom. The van der Waals surface area contributed by atoms with Gasteiger partial charge in [0.15, 0.2) is 0 Å². The Hall–Kier alpha value is -1.78. The lowest BCUT2D eigenvalue weighted by Gasteiger charge is -2.08. The lowest BCUT2D eigenvalue weighted by Crippen LogP contribution is -2.11. The molecule has 0 aliphatic carbocycles. The third kappa shape index (κ3) is 3.09. The smallest absolute Gasteiger partial charge is 0.337 e. The van der Waals surface area contributed by atoms with Gasteiger partial charge < -0.3 is 14.4 Å². The second-order valence-corrected chi connectivity index (χ2v) is 3.80. The molecule has 0 saturated heterocycles. The van der Waals surface area contributed by atoms with Crippen LogP contribution in [0, 0.1) is 13.8 Å². The number of carbonyl (C=O) groups excluding carboxylic acids is 1. The minimum absolute atomic E-state index is 0.253. The number of hydrogen-bond donors (Lipinski definition) is 1. The molecule has 0 radical (unpaired) electrons. The van der Waals surface area contributed by atoms with Gasteiger partial charge in [0.1, 0.15) is 0 Å². The van der Waals surface area contributed by atoms with Crippen LogP contribution < -0.4 is 0 Å². The molecule has 0 bridgehead atoms. The van der Waals surface area contributed by atoms with E-state index in [1.165, 1.54) is 0 Å². The Bertz CT molecular complexity index is 434. The van der Waals surface area contributed by atoms with Crippen LogP contribution in [0.5, 0.6) is 0 Å². The Labute approximate surface area is 100 Å². The molecule has 94 valence electrons. The van der Waals surface area contributed by atoms with Crippen molar-refractivity contribution in [2.45, 2.75) is 33.7 Å². The molecule has 1 heterocycles. The first kappa shape index (κ1) is 13.3. The molecule has 17 heavy (non-hydrogen) atoms. The van der Waals surface area contributed by atoms with E-state index in [0.717, 1.165) is 5.69 Å². The fourth-order valence-electron chi connectivity index (χ4n) is 1.80. The van der Waals surface area contributed by atoms with Gasteiger partial charge in [-0.25, -0.2) is 4.79 Å². The van der Waals surface area contributed by atoms with E-state index >= 15 is 0 Å². The van der Waals surface area contributed by atoms with E-state index in [1.54, 1.807) is 19.9 Å². The van der Waals surface area contributed by atoms with Crippen molar-refractivity contribution in [1.82, 2.24) is 4.57 Å². The number of carboxylic acid groups (broad SMARTS) is 1. The summed E-state index contributed by atoms with van der Waals surface area (Å²) in [5.74, 6) is -1.21. The summed E-state index contributed by atoms with van der Waals surface area (Å²) in [6.45, 7) is 6.13. The number of nitrogens with zero attached hydrogens (tertiary/aromatic N) is 1. The quantitative estimate of drug-likeness (QED) is 0.795. The SMILES string of the molecule is CCOC(=O)CCn1c(C)cc(C(=O)O)c1C. The molecule has 0 amide bonds. The van der Waals surface area contributed by atoms with E-state index in [0.29, 0.717) is 18.8 Å². The molecular formula is C12H17NO4.